The quantitative estimate of drug-likeness (QED) is 0.121. The summed E-state index contributed by atoms with van der Waals surface area (Å²) in [6, 6.07) is 111. The molecule has 0 bridgehead atoms. The molecule has 94 heavy (non-hydrogen) atoms. The molecule has 5 aromatic heterocycles. The van der Waals surface area contributed by atoms with Gasteiger partial charge >= 0.3 is 0 Å². The summed E-state index contributed by atoms with van der Waals surface area (Å²) in [6.07, 6.45) is 3.91. The van der Waals surface area contributed by atoms with Gasteiger partial charge in [-0.1, -0.05) is 255 Å². The molecule has 13 aromatic carbocycles. The molecule has 18 rings (SSSR count). The van der Waals surface area contributed by atoms with Crippen LogP contribution in [0.4, 0.5) is 0 Å². The molecule has 0 atom stereocenters. The van der Waals surface area contributed by atoms with E-state index in [1.165, 1.54) is 84.1 Å². The van der Waals surface area contributed by atoms with Crippen LogP contribution in [-0.2, 0) is 0 Å². The maximum atomic E-state index is 5.19. The van der Waals surface area contributed by atoms with E-state index in [2.05, 4.69) is 255 Å². The summed E-state index contributed by atoms with van der Waals surface area (Å²) in [5.41, 5.74) is 21.1. The SMILES string of the molecule is c1ccc(-c2cc(-c3ccc(-c4cncc(-c5ccc6sc7cc(-c8ccc(-c9cc(-c%10ccc(-c%11ccc%12c(ccc%13cc(-c%14cccc%15c%14sc%14ccccc%14%15)ccc%13%12)c%11)cc%10)nc(-c%10ccccc%10)n9)cc8)ccc7c6c5)c4)cc3)nc(-c3ccccc3)n2)cc1. The molecule has 0 fully saturated rings. The van der Waals surface area contributed by atoms with Crippen LogP contribution in [0, 0.1) is 0 Å². The van der Waals surface area contributed by atoms with Crippen molar-refractivity contribution in [3.8, 4) is 123 Å². The zero-order chi connectivity index (χ0) is 62.1. The lowest BCUT2D eigenvalue weighted by atomic mass is 9.94. The highest BCUT2D eigenvalue weighted by molar-refractivity contribution is 7.26. The summed E-state index contributed by atoms with van der Waals surface area (Å²) in [6.45, 7) is 0. The first-order valence-corrected chi connectivity index (χ1v) is 33.2. The number of benzene rings is 13. The minimum Gasteiger partial charge on any atom is -0.263 e. The molecule has 0 N–H and O–H groups in total. The van der Waals surface area contributed by atoms with Gasteiger partial charge in [0.25, 0.3) is 0 Å². The lowest BCUT2D eigenvalue weighted by Crippen LogP contribution is -1.96. The molecule has 0 unspecified atom stereocenters. The Kier molecular flexibility index (Phi) is 13.5. The van der Waals surface area contributed by atoms with Crippen molar-refractivity contribution < 1.29 is 0 Å². The van der Waals surface area contributed by atoms with Crippen molar-refractivity contribution >= 4 is 84.6 Å². The van der Waals surface area contributed by atoms with Crippen molar-refractivity contribution in [2.24, 2.45) is 0 Å². The molecule has 0 saturated carbocycles. The minimum absolute atomic E-state index is 0.691. The summed E-state index contributed by atoms with van der Waals surface area (Å²) < 4.78 is 5.16. The third-order valence-corrected chi connectivity index (χ3v) is 20.6. The van der Waals surface area contributed by atoms with E-state index in [0.717, 1.165) is 89.5 Å². The van der Waals surface area contributed by atoms with Crippen molar-refractivity contribution in [3.63, 3.8) is 0 Å². The van der Waals surface area contributed by atoms with E-state index in [1.807, 2.05) is 89.7 Å². The Bertz CT molecular complexity index is 5890. The fraction of sp³-hybridized carbons (Fsp3) is 0. The van der Waals surface area contributed by atoms with Crippen LogP contribution in [0.15, 0.2) is 322 Å². The van der Waals surface area contributed by atoms with Gasteiger partial charge in [-0.2, -0.15) is 0 Å². The van der Waals surface area contributed by atoms with Gasteiger partial charge in [-0.15, -0.1) is 22.7 Å². The predicted molar refractivity (Wildman–Crippen MR) is 396 cm³/mol. The molecule has 0 aliphatic heterocycles. The summed E-state index contributed by atoms with van der Waals surface area (Å²) in [7, 11) is 0. The van der Waals surface area contributed by atoms with Gasteiger partial charge in [0.05, 0.1) is 22.8 Å². The van der Waals surface area contributed by atoms with Gasteiger partial charge < -0.3 is 0 Å². The first kappa shape index (κ1) is 55.0. The Labute approximate surface area is 551 Å². The largest absolute Gasteiger partial charge is 0.263 e. The van der Waals surface area contributed by atoms with E-state index >= 15 is 0 Å². The topological polar surface area (TPSA) is 64.5 Å². The number of rotatable bonds is 11. The molecule has 0 amide bonds. The Hall–Kier alpha value is -11.9. The van der Waals surface area contributed by atoms with Gasteiger partial charge in [-0.25, -0.2) is 19.9 Å². The predicted octanol–water partition coefficient (Wildman–Crippen LogP) is 24.0. The highest BCUT2D eigenvalue weighted by atomic mass is 32.1. The first-order chi connectivity index (χ1) is 46.5. The van der Waals surface area contributed by atoms with E-state index in [9.17, 15) is 0 Å². The Morgan fingerprint density at radius 1 is 0.202 bits per heavy atom. The summed E-state index contributed by atoms with van der Waals surface area (Å²) in [5.74, 6) is 1.39. The summed E-state index contributed by atoms with van der Waals surface area (Å²) in [5, 5.41) is 10.1. The van der Waals surface area contributed by atoms with Crippen LogP contribution in [0.1, 0.15) is 0 Å². The Balaban J connectivity index is 0.592. The van der Waals surface area contributed by atoms with Crippen molar-refractivity contribution in [1.82, 2.24) is 24.9 Å². The van der Waals surface area contributed by atoms with Crippen LogP contribution in [-0.4, -0.2) is 24.9 Å². The van der Waals surface area contributed by atoms with Crippen LogP contribution in [0.25, 0.3) is 185 Å². The van der Waals surface area contributed by atoms with E-state index < -0.39 is 0 Å². The van der Waals surface area contributed by atoms with Gasteiger partial charge in [0.1, 0.15) is 0 Å². The molecular formula is C87H53N5S2. The third kappa shape index (κ3) is 10.2. The fourth-order valence-corrected chi connectivity index (χ4v) is 15.7. The van der Waals surface area contributed by atoms with Crippen LogP contribution in [0.3, 0.4) is 0 Å². The van der Waals surface area contributed by atoms with Gasteiger partial charge in [-0.05, 0) is 121 Å². The Morgan fingerprint density at radius 3 is 1.19 bits per heavy atom. The van der Waals surface area contributed by atoms with Crippen molar-refractivity contribution in [2.45, 2.75) is 0 Å². The number of hydrogen-bond acceptors (Lipinski definition) is 7. The standard InChI is InChI=1S/C87H53N5S2/c1-4-13-57(14-5-1)78-50-79(90-86(89-78)61-15-6-2-7-16-61)60-33-27-56(28-34-60)69-47-70(53-88-52-69)64-40-44-83-77(48-64)75-43-38-65(49-84(75)93-83)55-25-31-59(32-26-55)81-51-80(91-87(92-81)62-17-8-3-9-18-62)58-29-23-54(24-30-58)63-37-41-71-66(45-63)35-36-67-46-68(39-42-72(67)71)73-20-12-21-76-74-19-10-11-22-82(74)94-85(73)76/h1-53H. The molecule has 0 radical (unpaired) electrons. The zero-order valence-corrected chi connectivity index (χ0v) is 52.3. The lowest BCUT2D eigenvalue weighted by Gasteiger charge is -2.11. The van der Waals surface area contributed by atoms with Crippen LogP contribution in [0.2, 0.25) is 0 Å². The van der Waals surface area contributed by atoms with Crippen molar-refractivity contribution in [3.05, 3.63) is 322 Å². The highest BCUT2D eigenvalue weighted by Gasteiger charge is 2.17. The smallest absolute Gasteiger partial charge is 0.160 e. The molecule has 0 aliphatic rings. The number of thiophene rings is 2. The number of hydrogen-bond donors (Lipinski definition) is 0. The summed E-state index contributed by atoms with van der Waals surface area (Å²) >= 11 is 3.71. The maximum absolute atomic E-state index is 5.19. The second-order valence-corrected chi connectivity index (χ2v) is 26.1. The Morgan fingerprint density at radius 2 is 0.606 bits per heavy atom. The van der Waals surface area contributed by atoms with Gasteiger partial charge in [-0.3, -0.25) is 4.98 Å². The normalized spacial score (nSPS) is 11.6. The molecule has 7 heteroatoms. The first-order valence-electron chi connectivity index (χ1n) is 31.6. The van der Waals surface area contributed by atoms with Gasteiger partial charge in [0.15, 0.2) is 11.6 Å². The van der Waals surface area contributed by atoms with Crippen molar-refractivity contribution in [1.29, 1.82) is 0 Å². The molecule has 0 spiro atoms. The van der Waals surface area contributed by atoms with Crippen LogP contribution < -0.4 is 0 Å². The van der Waals surface area contributed by atoms with E-state index in [4.69, 9.17) is 24.9 Å². The minimum atomic E-state index is 0.691. The highest BCUT2D eigenvalue weighted by Crippen LogP contribution is 2.43. The number of pyridine rings is 1. The average Bonchev–Trinajstić information content (AvgIpc) is 1.81. The second kappa shape index (κ2) is 23.1. The van der Waals surface area contributed by atoms with E-state index in [-0.39, 0.29) is 0 Å². The molecule has 18 aromatic rings. The van der Waals surface area contributed by atoms with Gasteiger partial charge in [0, 0.05) is 97.2 Å². The second-order valence-electron chi connectivity index (χ2n) is 24.0. The average molecular weight is 1230 g/mol. The van der Waals surface area contributed by atoms with Crippen molar-refractivity contribution in [2.75, 3.05) is 0 Å². The fourth-order valence-electron chi connectivity index (χ4n) is 13.3. The van der Waals surface area contributed by atoms with E-state index in [0.29, 0.717) is 11.6 Å². The molecule has 0 aliphatic carbocycles. The summed E-state index contributed by atoms with van der Waals surface area (Å²) in [4.78, 5) is 25.2. The molecular weight excluding hydrogens is 1180 g/mol. The number of aromatic nitrogens is 5. The third-order valence-electron chi connectivity index (χ3n) is 18.2. The molecule has 5 nitrogen and oxygen atoms in total. The molecule has 5 heterocycles. The monoisotopic (exact) mass is 1230 g/mol. The van der Waals surface area contributed by atoms with Gasteiger partial charge in [0.2, 0.25) is 0 Å². The maximum Gasteiger partial charge on any atom is 0.160 e. The zero-order valence-electron chi connectivity index (χ0n) is 50.7. The number of fused-ring (bicyclic) bond motifs is 9. The number of nitrogens with zero attached hydrogens (tertiary/aromatic N) is 5. The van der Waals surface area contributed by atoms with E-state index in [1.54, 1.807) is 0 Å². The molecule has 0 saturated heterocycles. The molecule has 438 valence electrons. The van der Waals surface area contributed by atoms with Crippen LogP contribution >= 0.6 is 22.7 Å². The van der Waals surface area contributed by atoms with Crippen LogP contribution in [0.5, 0.6) is 0 Å². The lowest BCUT2D eigenvalue weighted by molar-refractivity contribution is 1.18.